The molecule has 1 aliphatic rings. The summed E-state index contributed by atoms with van der Waals surface area (Å²) in [7, 11) is 2.15. The number of hydrogen-bond donors (Lipinski definition) is 0. The van der Waals surface area contributed by atoms with E-state index in [0.717, 1.165) is 0 Å². The van der Waals surface area contributed by atoms with E-state index in [2.05, 4.69) is 55.1 Å². The highest BCUT2D eigenvalue weighted by Crippen LogP contribution is 2.27. The Morgan fingerprint density at radius 1 is 1.27 bits per heavy atom. The molecule has 0 atom stereocenters. The molecule has 3 nitrogen and oxygen atoms in total. The summed E-state index contributed by atoms with van der Waals surface area (Å²) < 4.78 is 4.67. The molecule has 0 spiro atoms. The normalized spacial score (nSPS) is 15.5. The van der Waals surface area contributed by atoms with E-state index in [1.54, 1.807) is 0 Å². The maximum absolute atomic E-state index is 2.49. The first-order valence-electron chi connectivity index (χ1n) is 5.88. The van der Waals surface area contributed by atoms with E-state index < -0.39 is 0 Å². The third-order valence-electron chi connectivity index (χ3n) is 3.24. The summed E-state index contributed by atoms with van der Waals surface area (Å²) in [6.07, 6.45) is 3.41. The van der Waals surface area contributed by atoms with Crippen molar-refractivity contribution < 1.29 is 4.57 Å². The minimum atomic E-state index is 0.562. The molecule has 1 aliphatic heterocycles. The Balaban J connectivity index is 2.46. The van der Waals surface area contributed by atoms with Crippen LogP contribution in [0.15, 0.2) is 6.33 Å². The predicted octanol–water partition coefficient (Wildman–Crippen LogP) is 1.66. The highest BCUT2D eigenvalue weighted by Gasteiger charge is 2.34. The van der Waals surface area contributed by atoms with Crippen LogP contribution in [0.25, 0.3) is 0 Å². The zero-order valence-electron chi connectivity index (χ0n) is 10.5. The van der Waals surface area contributed by atoms with E-state index in [1.165, 1.54) is 24.5 Å². The van der Waals surface area contributed by atoms with Crippen LogP contribution in [0.2, 0.25) is 0 Å². The van der Waals surface area contributed by atoms with Crippen molar-refractivity contribution in [1.29, 1.82) is 0 Å². The van der Waals surface area contributed by atoms with E-state index >= 15 is 0 Å². The Bertz CT molecular complexity index is 363. The Labute approximate surface area is 92.3 Å². The zero-order valence-corrected chi connectivity index (χ0v) is 10.5. The summed E-state index contributed by atoms with van der Waals surface area (Å²) >= 11 is 0. The van der Waals surface area contributed by atoms with Crippen molar-refractivity contribution in [2.24, 2.45) is 7.05 Å². The summed E-state index contributed by atoms with van der Waals surface area (Å²) in [5, 5.41) is 0. The van der Waals surface area contributed by atoms with Gasteiger partial charge in [0.15, 0.2) is 5.69 Å². The van der Waals surface area contributed by atoms with Gasteiger partial charge < -0.3 is 4.90 Å². The lowest BCUT2D eigenvalue weighted by Crippen LogP contribution is -2.38. The second-order valence-corrected chi connectivity index (χ2v) is 5.03. The molecule has 84 valence electrons. The van der Waals surface area contributed by atoms with Crippen LogP contribution in [-0.2, 0) is 13.5 Å². The van der Waals surface area contributed by atoms with Gasteiger partial charge in [0.25, 0.3) is 0 Å². The first-order chi connectivity index (χ1) is 7.02. The smallest absolute Gasteiger partial charge is 0.245 e. The Morgan fingerprint density at radius 2 is 1.93 bits per heavy atom. The van der Waals surface area contributed by atoms with Crippen molar-refractivity contribution in [1.82, 2.24) is 4.57 Å². The molecule has 0 N–H and O–H groups in total. The van der Waals surface area contributed by atoms with Crippen molar-refractivity contribution in [3.63, 3.8) is 0 Å². The molecule has 0 saturated heterocycles. The van der Waals surface area contributed by atoms with Crippen molar-refractivity contribution in [3.8, 4) is 0 Å². The topological polar surface area (TPSA) is 12.1 Å². The first kappa shape index (κ1) is 10.5. The van der Waals surface area contributed by atoms with Gasteiger partial charge in [-0.15, -0.1) is 0 Å². The van der Waals surface area contributed by atoms with Crippen LogP contribution in [0.1, 0.15) is 39.4 Å². The molecule has 3 heteroatoms. The summed E-state index contributed by atoms with van der Waals surface area (Å²) in [5.41, 5.74) is 1.50. The molecule has 15 heavy (non-hydrogen) atoms. The van der Waals surface area contributed by atoms with Crippen LogP contribution in [0.5, 0.6) is 0 Å². The number of fused-ring (bicyclic) bond motifs is 1. The average Bonchev–Trinajstić information content (AvgIpc) is 2.66. The van der Waals surface area contributed by atoms with Crippen molar-refractivity contribution >= 4 is 5.82 Å². The number of nitrogens with zero attached hydrogens (tertiary/aromatic N) is 3. The highest BCUT2D eigenvalue weighted by atomic mass is 15.3. The van der Waals surface area contributed by atoms with Crippen LogP contribution < -0.4 is 9.47 Å². The molecule has 2 heterocycles. The minimum Gasteiger partial charge on any atom is -0.333 e. The van der Waals surface area contributed by atoms with Crippen LogP contribution >= 0.6 is 0 Å². The number of imidazole rings is 1. The minimum absolute atomic E-state index is 0.562. The Kier molecular flexibility index (Phi) is 2.49. The summed E-state index contributed by atoms with van der Waals surface area (Å²) in [6.45, 7) is 10.2. The standard InChI is InChI=1S/C12H22N3/c1-9(2)14-7-6-11-12(14)13(5)8-15(11)10(3)4/h8-10H,6-7H2,1-5H3/q+1. The summed E-state index contributed by atoms with van der Waals surface area (Å²) in [6, 6.07) is 1.16. The SMILES string of the molecule is CC(C)N1CCc2c1n(C)c[n+]2C(C)C. The number of hydrogen-bond acceptors (Lipinski definition) is 1. The largest absolute Gasteiger partial charge is 0.333 e. The van der Waals surface area contributed by atoms with Crippen LogP contribution in [0.4, 0.5) is 5.82 Å². The lowest BCUT2D eigenvalue weighted by Gasteiger charge is -2.20. The van der Waals surface area contributed by atoms with Gasteiger partial charge in [0.2, 0.25) is 12.1 Å². The summed E-state index contributed by atoms with van der Waals surface area (Å²) in [5.74, 6) is 1.42. The third kappa shape index (κ3) is 1.54. The highest BCUT2D eigenvalue weighted by molar-refractivity contribution is 5.48. The maximum Gasteiger partial charge on any atom is 0.245 e. The van der Waals surface area contributed by atoms with Gasteiger partial charge in [-0.2, -0.15) is 0 Å². The molecule has 0 amide bonds. The Hall–Kier alpha value is -0.990. The molecule has 0 unspecified atom stereocenters. The molecule has 0 aromatic carbocycles. The number of aromatic nitrogens is 2. The van der Waals surface area contributed by atoms with Crippen molar-refractivity contribution in [3.05, 3.63) is 12.0 Å². The molecule has 1 aromatic rings. The first-order valence-corrected chi connectivity index (χ1v) is 5.88. The molecule has 0 fully saturated rings. The quantitative estimate of drug-likeness (QED) is 0.673. The third-order valence-corrected chi connectivity index (χ3v) is 3.24. The van der Waals surface area contributed by atoms with Crippen molar-refractivity contribution in [2.45, 2.75) is 46.2 Å². The lowest BCUT2D eigenvalue weighted by atomic mass is 10.3. The van der Waals surface area contributed by atoms with Gasteiger partial charge in [0, 0.05) is 19.0 Å². The van der Waals surface area contributed by atoms with Crippen molar-refractivity contribution in [2.75, 3.05) is 11.4 Å². The van der Waals surface area contributed by atoms with Gasteiger partial charge in [0.05, 0.1) is 13.1 Å². The van der Waals surface area contributed by atoms with Gasteiger partial charge in [0.1, 0.15) is 0 Å². The van der Waals surface area contributed by atoms with Gasteiger partial charge >= 0.3 is 0 Å². The number of anilines is 1. The molecular weight excluding hydrogens is 186 g/mol. The molecule has 0 saturated carbocycles. The Morgan fingerprint density at radius 3 is 2.47 bits per heavy atom. The monoisotopic (exact) mass is 208 g/mol. The predicted molar refractivity (Wildman–Crippen MR) is 62.2 cm³/mol. The molecule has 0 bridgehead atoms. The molecule has 0 aliphatic carbocycles. The number of rotatable bonds is 2. The second kappa shape index (κ2) is 3.54. The van der Waals surface area contributed by atoms with Crippen LogP contribution in [-0.4, -0.2) is 17.2 Å². The van der Waals surface area contributed by atoms with E-state index in [1.807, 2.05) is 0 Å². The van der Waals surface area contributed by atoms with E-state index in [9.17, 15) is 0 Å². The molecule has 2 rings (SSSR count). The maximum atomic E-state index is 2.49. The average molecular weight is 208 g/mol. The van der Waals surface area contributed by atoms with E-state index in [0.29, 0.717) is 12.1 Å². The van der Waals surface area contributed by atoms with Gasteiger partial charge in [-0.3, -0.25) is 0 Å². The van der Waals surface area contributed by atoms with Gasteiger partial charge in [-0.25, -0.2) is 9.13 Å². The zero-order chi connectivity index (χ0) is 11.2. The fourth-order valence-corrected chi connectivity index (χ4v) is 2.52. The fourth-order valence-electron chi connectivity index (χ4n) is 2.52. The fraction of sp³-hybridized carbons (Fsp3) is 0.750. The molecule has 1 aromatic heterocycles. The van der Waals surface area contributed by atoms with Gasteiger partial charge in [-0.1, -0.05) is 0 Å². The second-order valence-electron chi connectivity index (χ2n) is 5.03. The lowest BCUT2D eigenvalue weighted by molar-refractivity contribution is -0.721. The molecular formula is C12H22N3+. The van der Waals surface area contributed by atoms with Crippen LogP contribution in [0, 0.1) is 0 Å². The number of aryl methyl sites for hydroxylation is 1. The summed E-state index contributed by atoms with van der Waals surface area (Å²) in [4.78, 5) is 2.49. The van der Waals surface area contributed by atoms with Gasteiger partial charge in [-0.05, 0) is 27.7 Å². The van der Waals surface area contributed by atoms with E-state index in [-0.39, 0.29) is 0 Å². The molecule has 0 radical (unpaired) electrons. The van der Waals surface area contributed by atoms with Crippen LogP contribution in [0.3, 0.4) is 0 Å². The van der Waals surface area contributed by atoms with E-state index in [4.69, 9.17) is 0 Å².